The Labute approximate surface area is 216 Å². The summed E-state index contributed by atoms with van der Waals surface area (Å²) in [6.07, 6.45) is 10.4. The lowest BCUT2D eigenvalue weighted by Gasteiger charge is -2.34. The van der Waals surface area contributed by atoms with E-state index in [1.807, 2.05) is 24.5 Å². The van der Waals surface area contributed by atoms with Crippen molar-refractivity contribution in [3.63, 3.8) is 0 Å². The van der Waals surface area contributed by atoms with Crippen molar-refractivity contribution in [2.45, 2.75) is 83.1 Å². The minimum absolute atomic E-state index is 0.0761. The summed E-state index contributed by atoms with van der Waals surface area (Å²) in [4.78, 5) is 15.4. The first-order valence-corrected chi connectivity index (χ1v) is 14.0. The van der Waals surface area contributed by atoms with Crippen LogP contribution < -0.4 is 5.32 Å². The predicted octanol–water partition coefficient (Wildman–Crippen LogP) is 7.29. The number of nitrogens with one attached hydrogen (secondary N) is 1. The van der Waals surface area contributed by atoms with Gasteiger partial charge in [0.05, 0.1) is 6.26 Å². The fraction of sp³-hybridized carbons (Fsp3) is 0.531. The summed E-state index contributed by atoms with van der Waals surface area (Å²) < 4.78 is 5.79. The molecule has 0 atom stereocenters. The number of hydrogen-bond acceptors (Lipinski definition) is 3. The highest BCUT2D eigenvalue weighted by Crippen LogP contribution is 2.35. The highest BCUT2D eigenvalue weighted by molar-refractivity contribution is 5.94. The molecule has 4 heteroatoms. The number of amides is 1. The fourth-order valence-electron chi connectivity index (χ4n) is 6.13. The number of furan rings is 1. The summed E-state index contributed by atoms with van der Waals surface area (Å²) in [6, 6.07) is 16.9. The highest BCUT2D eigenvalue weighted by atomic mass is 16.3. The van der Waals surface area contributed by atoms with E-state index in [1.54, 1.807) is 0 Å². The summed E-state index contributed by atoms with van der Waals surface area (Å²) in [5.41, 5.74) is 4.56. The molecule has 4 nitrogen and oxygen atoms in total. The zero-order valence-electron chi connectivity index (χ0n) is 22.3. The minimum Gasteiger partial charge on any atom is -0.464 e. The third kappa shape index (κ3) is 5.86. The maximum atomic E-state index is 12.7. The monoisotopic (exact) mass is 486 g/mol. The molecule has 2 aliphatic rings. The number of likely N-dealkylation sites (tertiary alicyclic amines) is 1. The number of carbonyl (C=O) groups excluding carboxylic acids is 1. The van der Waals surface area contributed by atoms with Crippen molar-refractivity contribution in [2.75, 3.05) is 19.6 Å². The van der Waals surface area contributed by atoms with Gasteiger partial charge in [-0.05, 0) is 106 Å². The molecule has 0 spiro atoms. The first kappa shape index (κ1) is 25.1. The van der Waals surface area contributed by atoms with Gasteiger partial charge in [0, 0.05) is 22.6 Å². The first-order valence-electron chi connectivity index (χ1n) is 14.0. The number of piperidine rings is 1. The molecule has 2 aromatic carbocycles. The van der Waals surface area contributed by atoms with Crippen LogP contribution in [0.15, 0.2) is 59.2 Å². The molecule has 2 heterocycles. The smallest absolute Gasteiger partial charge is 0.251 e. The summed E-state index contributed by atoms with van der Waals surface area (Å²) in [5.74, 6) is 1.49. The molecular formula is C32H42N2O2. The van der Waals surface area contributed by atoms with Crippen LogP contribution in [0.1, 0.15) is 93.1 Å². The van der Waals surface area contributed by atoms with Gasteiger partial charge in [0.2, 0.25) is 0 Å². The highest BCUT2D eigenvalue weighted by Gasteiger charge is 2.26. The van der Waals surface area contributed by atoms with Crippen molar-refractivity contribution < 1.29 is 9.21 Å². The topological polar surface area (TPSA) is 45.5 Å². The third-order valence-corrected chi connectivity index (χ3v) is 8.59. The normalized spacial score (nSPS) is 22.1. The molecule has 36 heavy (non-hydrogen) atoms. The molecule has 2 fully saturated rings. The Morgan fingerprint density at radius 2 is 1.64 bits per heavy atom. The molecule has 0 unspecified atom stereocenters. The number of fused-ring (bicyclic) bond motifs is 1. The lowest BCUT2D eigenvalue weighted by Crippen LogP contribution is -2.38. The number of benzene rings is 2. The first-order chi connectivity index (χ1) is 17.4. The van der Waals surface area contributed by atoms with E-state index in [0.29, 0.717) is 12.0 Å². The summed E-state index contributed by atoms with van der Waals surface area (Å²) in [7, 11) is 0. The van der Waals surface area contributed by atoms with Crippen molar-refractivity contribution in [2.24, 2.45) is 5.92 Å². The second-order valence-corrected chi connectivity index (χ2v) is 12.1. The largest absolute Gasteiger partial charge is 0.464 e. The standard InChI is InChI=1S/C32H42N2O2/c1-32(2,3)26-12-10-25(11-13-26)31(35)33-27-14-8-23(9-15-27)16-19-34-20-17-24(18-21-34)29-22-36-30-7-5-4-6-28(29)30/h4-7,10-13,22-24,27H,8-9,14-21H2,1-3H3,(H,33,35)/t23-,27-. The van der Waals surface area contributed by atoms with Gasteiger partial charge in [-0.25, -0.2) is 0 Å². The molecule has 192 valence electrons. The summed E-state index contributed by atoms with van der Waals surface area (Å²) >= 11 is 0. The van der Waals surface area contributed by atoms with Crippen LogP contribution in [0.25, 0.3) is 11.0 Å². The molecule has 1 amide bonds. The molecule has 1 aromatic heterocycles. The van der Waals surface area contributed by atoms with Gasteiger partial charge in [0.25, 0.3) is 5.91 Å². The van der Waals surface area contributed by atoms with Crippen molar-refractivity contribution in [1.82, 2.24) is 10.2 Å². The van der Waals surface area contributed by atoms with Gasteiger partial charge in [-0.2, -0.15) is 0 Å². The second-order valence-electron chi connectivity index (χ2n) is 12.1. The van der Waals surface area contributed by atoms with E-state index in [2.05, 4.69) is 61.3 Å². The molecule has 3 aromatic rings. The number of nitrogens with zero attached hydrogens (tertiary/aromatic N) is 1. The van der Waals surface area contributed by atoms with Gasteiger partial charge < -0.3 is 14.6 Å². The molecule has 5 rings (SSSR count). The molecule has 1 N–H and O–H groups in total. The molecule has 0 bridgehead atoms. The lowest BCUT2D eigenvalue weighted by molar-refractivity contribution is 0.0919. The van der Waals surface area contributed by atoms with Gasteiger partial charge in [0.1, 0.15) is 5.58 Å². The number of rotatable bonds is 6. The number of para-hydroxylation sites is 1. The Balaban J connectivity index is 1.02. The predicted molar refractivity (Wildman–Crippen MR) is 148 cm³/mol. The van der Waals surface area contributed by atoms with E-state index in [9.17, 15) is 4.79 Å². The fourth-order valence-corrected chi connectivity index (χ4v) is 6.13. The second kappa shape index (κ2) is 10.8. The van der Waals surface area contributed by atoms with Crippen LogP contribution in [-0.4, -0.2) is 36.5 Å². The maximum Gasteiger partial charge on any atom is 0.251 e. The van der Waals surface area contributed by atoms with E-state index in [0.717, 1.165) is 29.9 Å². The molecular weight excluding hydrogens is 444 g/mol. The van der Waals surface area contributed by atoms with Crippen LogP contribution in [0.4, 0.5) is 0 Å². The van der Waals surface area contributed by atoms with E-state index in [1.165, 1.54) is 68.3 Å². The van der Waals surface area contributed by atoms with E-state index in [4.69, 9.17) is 4.42 Å². The number of carbonyl (C=O) groups is 1. The van der Waals surface area contributed by atoms with Gasteiger partial charge in [-0.15, -0.1) is 0 Å². The molecule has 1 saturated carbocycles. The zero-order chi connectivity index (χ0) is 25.1. The van der Waals surface area contributed by atoms with Gasteiger partial charge in [-0.1, -0.05) is 51.1 Å². The van der Waals surface area contributed by atoms with E-state index < -0.39 is 0 Å². The quantitative estimate of drug-likeness (QED) is 0.398. The van der Waals surface area contributed by atoms with Crippen LogP contribution in [0, 0.1) is 5.92 Å². The van der Waals surface area contributed by atoms with Gasteiger partial charge in [-0.3, -0.25) is 4.79 Å². The van der Waals surface area contributed by atoms with Crippen molar-refractivity contribution in [1.29, 1.82) is 0 Å². The molecule has 1 aliphatic carbocycles. The average Bonchev–Trinajstić information content (AvgIpc) is 3.32. The SMILES string of the molecule is CC(C)(C)c1ccc(C(=O)N[C@H]2CC[C@H](CCN3CCC(c4coc5ccccc45)CC3)CC2)cc1. The third-order valence-electron chi connectivity index (χ3n) is 8.59. The maximum absolute atomic E-state index is 12.7. The van der Waals surface area contributed by atoms with Gasteiger partial charge in [0.15, 0.2) is 0 Å². The van der Waals surface area contributed by atoms with Crippen molar-refractivity contribution in [3.8, 4) is 0 Å². The Bertz CT molecular complexity index is 1140. The lowest BCUT2D eigenvalue weighted by atomic mass is 9.83. The van der Waals surface area contributed by atoms with Crippen LogP contribution in [0.5, 0.6) is 0 Å². The Hall–Kier alpha value is -2.59. The minimum atomic E-state index is 0.0761. The van der Waals surface area contributed by atoms with Crippen LogP contribution in [-0.2, 0) is 5.41 Å². The van der Waals surface area contributed by atoms with E-state index >= 15 is 0 Å². The summed E-state index contributed by atoms with van der Waals surface area (Å²) in [6.45, 7) is 10.2. The Morgan fingerprint density at radius 1 is 0.944 bits per heavy atom. The van der Waals surface area contributed by atoms with E-state index in [-0.39, 0.29) is 11.3 Å². The van der Waals surface area contributed by atoms with Crippen LogP contribution in [0.2, 0.25) is 0 Å². The summed E-state index contributed by atoms with van der Waals surface area (Å²) in [5, 5.41) is 4.59. The van der Waals surface area contributed by atoms with Gasteiger partial charge >= 0.3 is 0 Å². The molecule has 1 aliphatic heterocycles. The number of hydrogen-bond donors (Lipinski definition) is 1. The Morgan fingerprint density at radius 3 is 2.33 bits per heavy atom. The Kier molecular flexibility index (Phi) is 7.52. The van der Waals surface area contributed by atoms with Crippen molar-refractivity contribution in [3.05, 3.63) is 71.5 Å². The molecule has 1 saturated heterocycles. The van der Waals surface area contributed by atoms with Crippen LogP contribution >= 0.6 is 0 Å². The van der Waals surface area contributed by atoms with Crippen molar-refractivity contribution >= 4 is 16.9 Å². The molecule has 0 radical (unpaired) electrons. The average molecular weight is 487 g/mol. The zero-order valence-corrected chi connectivity index (χ0v) is 22.3. The van der Waals surface area contributed by atoms with Crippen LogP contribution in [0.3, 0.4) is 0 Å².